The second-order valence-electron chi connectivity index (χ2n) is 6.62. The number of nitrogens with zero attached hydrogens (tertiary/aromatic N) is 2. The number of amides is 1. The topological polar surface area (TPSA) is 68.0 Å². The van der Waals surface area contributed by atoms with Crippen LogP contribution in [0, 0.1) is 0 Å². The van der Waals surface area contributed by atoms with Crippen molar-refractivity contribution >= 4 is 5.91 Å². The molecule has 1 amide bonds. The van der Waals surface area contributed by atoms with Crippen molar-refractivity contribution in [3.8, 4) is 0 Å². The zero-order valence-electron chi connectivity index (χ0n) is 13.1. The van der Waals surface area contributed by atoms with E-state index in [0.717, 1.165) is 0 Å². The van der Waals surface area contributed by atoms with Gasteiger partial charge < -0.3 is 9.84 Å². The number of aromatic nitrogens is 2. The van der Waals surface area contributed by atoms with Gasteiger partial charge in [0.2, 0.25) is 5.89 Å². The van der Waals surface area contributed by atoms with Gasteiger partial charge in [-0.2, -0.15) is 4.98 Å². The summed E-state index contributed by atoms with van der Waals surface area (Å²) in [6.45, 7) is 9.70. The molecule has 0 unspecified atom stereocenters. The number of hydrogen-bond acceptors (Lipinski definition) is 4. The highest BCUT2D eigenvalue weighted by Gasteiger charge is 2.31. The van der Waals surface area contributed by atoms with Gasteiger partial charge in [-0.05, 0) is 26.0 Å². The van der Waals surface area contributed by atoms with Crippen molar-refractivity contribution < 1.29 is 9.32 Å². The largest absolute Gasteiger partial charge is 0.340 e. The van der Waals surface area contributed by atoms with Gasteiger partial charge in [-0.3, -0.25) is 4.79 Å². The fraction of sp³-hybridized carbons (Fsp3) is 0.438. The molecular formula is C16H21N3O2. The summed E-state index contributed by atoms with van der Waals surface area (Å²) in [5, 5.41) is 6.93. The van der Waals surface area contributed by atoms with Crippen LogP contribution in [-0.4, -0.2) is 16.0 Å². The van der Waals surface area contributed by atoms with Gasteiger partial charge in [0.05, 0.1) is 5.54 Å². The Bertz CT molecular complexity index is 624. The molecule has 1 aromatic heterocycles. The van der Waals surface area contributed by atoms with E-state index in [1.807, 2.05) is 52.8 Å². The molecular weight excluding hydrogens is 266 g/mol. The lowest BCUT2D eigenvalue weighted by molar-refractivity contribution is 0.0907. The second-order valence-corrected chi connectivity index (χ2v) is 6.62. The van der Waals surface area contributed by atoms with Gasteiger partial charge in [0, 0.05) is 11.0 Å². The number of hydrogen-bond donors (Lipinski definition) is 1. The molecule has 1 N–H and O–H groups in total. The minimum atomic E-state index is -0.708. The van der Waals surface area contributed by atoms with E-state index in [4.69, 9.17) is 4.52 Å². The molecule has 21 heavy (non-hydrogen) atoms. The van der Waals surface area contributed by atoms with Crippen molar-refractivity contribution in [3.05, 3.63) is 47.6 Å². The van der Waals surface area contributed by atoms with Crippen molar-refractivity contribution in [1.29, 1.82) is 0 Å². The molecule has 0 aliphatic carbocycles. The first-order valence-electron chi connectivity index (χ1n) is 6.92. The van der Waals surface area contributed by atoms with Crippen LogP contribution in [0.15, 0.2) is 34.9 Å². The predicted octanol–water partition coefficient (Wildman–Crippen LogP) is 3.03. The zero-order chi connectivity index (χ0) is 15.7. The molecule has 0 radical (unpaired) electrons. The first-order chi connectivity index (χ1) is 9.70. The van der Waals surface area contributed by atoms with E-state index in [1.54, 1.807) is 12.1 Å². The van der Waals surface area contributed by atoms with E-state index in [1.165, 1.54) is 0 Å². The van der Waals surface area contributed by atoms with Crippen LogP contribution in [0.4, 0.5) is 0 Å². The quantitative estimate of drug-likeness (QED) is 0.942. The average Bonchev–Trinajstić information content (AvgIpc) is 2.89. The molecule has 5 nitrogen and oxygen atoms in total. The van der Waals surface area contributed by atoms with Crippen molar-refractivity contribution in [2.75, 3.05) is 0 Å². The third-order valence-electron chi connectivity index (χ3n) is 3.09. The van der Waals surface area contributed by atoms with E-state index in [9.17, 15) is 4.79 Å². The molecule has 2 aromatic rings. The molecule has 0 fully saturated rings. The monoisotopic (exact) mass is 287 g/mol. The minimum Gasteiger partial charge on any atom is -0.340 e. The smallest absolute Gasteiger partial charge is 0.252 e. The van der Waals surface area contributed by atoms with E-state index in [-0.39, 0.29) is 11.3 Å². The van der Waals surface area contributed by atoms with E-state index < -0.39 is 5.54 Å². The fourth-order valence-electron chi connectivity index (χ4n) is 1.78. The number of rotatable bonds is 3. The second kappa shape index (κ2) is 5.31. The Kier molecular flexibility index (Phi) is 3.85. The third kappa shape index (κ3) is 3.48. The summed E-state index contributed by atoms with van der Waals surface area (Å²) in [6, 6.07) is 9.06. The Balaban J connectivity index is 2.18. The first kappa shape index (κ1) is 15.2. The molecule has 0 aliphatic heterocycles. The normalized spacial score (nSPS) is 12.2. The van der Waals surface area contributed by atoms with Gasteiger partial charge in [0.1, 0.15) is 0 Å². The van der Waals surface area contributed by atoms with Gasteiger partial charge in [-0.25, -0.2) is 0 Å². The number of benzene rings is 1. The Morgan fingerprint density at radius 1 is 1.10 bits per heavy atom. The SMILES string of the molecule is CC(C)(C)c1nc(C(C)(C)NC(=O)c2ccccc2)no1. The van der Waals surface area contributed by atoms with Crippen LogP contribution in [0.5, 0.6) is 0 Å². The molecule has 0 spiro atoms. The maximum Gasteiger partial charge on any atom is 0.252 e. The summed E-state index contributed by atoms with van der Waals surface area (Å²) in [4.78, 5) is 16.6. The van der Waals surface area contributed by atoms with Crippen LogP contribution in [0.25, 0.3) is 0 Å². The number of carbonyl (C=O) groups is 1. The van der Waals surface area contributed by atoms with Crippen LogP contribution in [0.3, 0.4) is 0 Å². The van der Waals surface area contributed by atoms with Gasteiger partial charge in [0.25, 0.3) is 5.91 Å². The van der Waals surface area contributed by atoms with Gasteiger partial charge in [0.15, 0.2) is 5.82 Å². The Labute approximate surface area is 124 Å². The lowest BCUT2D eigenvalue weighted by atomic mass is 9.97. The Hall–Kier alpha value is -2.17. The summed E-state index contributed by atoms with van der Waals surface area (Å²) in [5.41, 5.74) is -0.324. The molecule has 0 saturated carbocycles. The van der Waals surface area contributed by atoms with Gasteiger partial charge in [-0.1, -0.05) is 44.1 Å². The standard InChI is InChI=1S/C16H21N3O2/c1-15(2,3)14-17-13(19-21-14)16(4,5)18-12(20)11-9-7-6-8-10-11/h6-10H,1-5H3,(H,18,20). The van der Waals surface area contributed by atoms with Crippen LogP contribution in [-0.2, 0) is 11.0 Å². The van der Waals surface area contributed by atoms with Gasteiger partial charge >= 0.3 is 0 Å². The van der Waals surface area contributed by atoms with Crippen molar-refractivity contribution in [2.24, 2.45) is 0 Å². The van der Waals surface area contributed by atoms with Crippen molar-refractivity contribution in [1.82, 2.24) is 15.5 Å². The molecule has 1 heterocycles. The highest BCUT2D eigenvalue weighted by molar-refractivity contribution is 5.94. The lowest BCUT2D eigenvalue weighted by Crippen LogP contribution is -2.42. The predicted molar refractivity (Wildman–Crippen MR) is 79.9 cm³/mol. The highest BCUT2D eigenvalue weighted by atomic mass is 16.5. The molecule has 2 rings (SSSR count). The minimum absolute atomic E-state index is 0.164. The summed E-state index contributed by atoms with van der Waals surface area (Å²) in [5.74, 6) is 0.860. The molecule has 0 aliphatic rings. The number of carbonyl (C=O) groups excluding carboxylic acids is 1. The molecule has 112 valence electrons. The summed E-state index contributed by atoms with van der Waals surface area (Å²) in [7, 11) is 0. The molecule has 0 saturated heterocycles. The van der Waals surface area contributed by atoms with E-state index >= 15 is 0 Å². The molecule has 5 heteroatoms. The fourth-order valence-corrected chi connectivity index (χ4v) is 1.78. The average molecular weight is 287 g/mol. The van der Waals surface area contributed by atoms with E-state index in [2.05, 4.69) is 15.5 Å². The van der Waals surface area contributed by atoms with Crippen LogP contribution >= 0.6 is 0 Å². The Morgan fingerprint density at radius 2 is 1.71 bits per heavy atom. The molecule has 0 bridgehead atoms. The molecule has 0 atom stereocenters. The van der Waals surface area contributed by atoms with Crippen LogP contribution in [0.1, 0.15) is 56.7 Å². The maximum atomic E-state index is 12.2. The lowest BCUT2D eigenvalue weighted by Gasteiger charge is -2.22. The van der Waals surface area contributed by atoms with Crippen LogP contribution < -0.4 is 5.32 Å². The van der Waals surface area contributed by atoms with E-state index in [0.29, 0.717) is 17.3 Å². The summed E-state index contributed by atoms with van der Waals surface area (Å²) < 4.78 is 5.29. The summed E-state index contributed by atoms with van der Waals surface area (Å²) >= 11 is 0. The Morgan fingerprint density at radius 3 is 2.24 bits per heavy atom. The maximum absolute atomic E-state index is 12.2. The zero-order valence-corrected chi connectivity index (χ0v) is 13.1. The first-order valence-corrected chi connectivity index (χ1v) is 6.92. The third-order valence-corrected chi connectivity index (χ3v) is 3.09. The highest BCUT2D eigenvalue weighted by Crippen LogP contribution is 2.24. The van der Waals surface area contributed by atoms with Crippen LogP contribution in [0.2, 0.25) is 0 Å². The van der Waals surface area contributed by atoms with Crippen molar-refractivity contribution in [2.45, 2.75) is 45.6 Å². The van der Waals surface area contributed by atoms with Gasteiger partial charge in [-0.15, -0.1) is 0 Å². The van der Waals surface area contributed by atoms with Crippen molar-refractivity contribution in [3.63, 3.8) is 0 Å². The summed E-state index contributed by atoms with van der Waals surface area (Å²) in [6.07, 6.45) is 0. The number of nitrogens with one attached hydrogen (secondary N) is 1. The molecule has 1 aromatic carbocycles.